The number of ether oxygens (including phenoxy) is 1. The van der Waals surface area contributed by atoms with E-state index in [0.717, 1.165) is 34.3 Å². The van der Waals surface area contributed by atoms with Crippen LogP contribution in [0.2, 0.25) is 0 Å². The molecule has 3 rings (SSSR count). The minimum Gasteiger partial charge on any atom is -0.482 e. The number of nitrogens with two attached hydrogens (primary N) is 1. The van der Waals surface area contributed by atoms with E-state index in [1.54, 1.807) is 12.1 Å². The molecule has 0 fully saturated rings. The molecule has 0 spiro atoms. The van der Waals surface area contributed by atoms with Crippen molar-refractivity contribution in [3.63, 3.8) is 0 Å². The van der Waals surface area contributed by atoms with Gasteiger partial charge in [-0.25, -0.2) is 4.79 Å². The Hall–Kier alpha value is -3.86. The van der Waals surface area contributed by atoms with Crippen molar-refractivity contribution in [1.82, 2.24) is 0 Å². The van der Waals surface area contributed by atoms with Gasteiger partial charge in [-0.3, -0.25) is 0 Å². The fourth-order valence-corrected chi connectivity index (χ4v) is 3.40. The van der Waals surface area contributed by atoms with Crippen LogP contribution in [-0.2, 0) is 4.79 Å². The van der Waals surface area contributed by atoms with Crippen LogP contribution < -0.4 is 10.5 Å². The van der Waals surface area contributed by atoms with Crippen molar-refractivity contribution < 1.29 is 14.6 Å². The summed E-state index contributed by atoms with van der Waals surface area (Å²) in [6.45, 7) is 1.73. The maximum atomic E-state index is 10.7. The van der Waals surface area contributed by atoms with Crippen LogP contribution in [-0.4, -0.2) is 23.9 Å². The molecule has 0 atom stereocenters. The Morgan fingerprint density at radius 3 is 2.27 bits per heavy atom. The molecule has 0 saturated carbocycles. The van der Waals surface area contributed by atoms with Crippen LogP contribution in [0.4, 0.5) is 5.69 Å². The summed E-state index contributed by atoms with van der Waals surface area (Å²) in [7, 11) is 0. The fraction of sp³-hybridized carbons (Fsp3) is 0.120. The van der Waals surface area contributed by atoms with Crippen LogP contribution in [0.1, 0.15) is 35.6 Å². The number of nitrogen functional groups attached to an aromatic ring is 1. The smallest absolute Gasteiger partial charge is 0.341 e. The van der Waals surface area contributed by atoms with Gasteiger partial charge in [0.15, 0.2) is 6.61 Å². The van der Waals surface area contributed by atoms with E-state index in [0.29, 0.717) is 17.0 Å². The lowest BCUT2D eigenvalue weighted by Crippen LogP contribution is -2.09. The minimum atomic E-state index is -1.02. The summed E-state index contributed by atoms with van der Waals surface area (Å²) >= 11 is 0. The first kappa shape index (κ1) is 20.9. The normalized spacial score (nSPS) is 11.5. The number of hydrogen-bond donors (Lipinski definition) is 3. The van der Waals surface area contributed by atoms with E-state index in [1.807, 2.05) is 48.5 Å². The lowest BCUT2D eigenvalue weighted by atomic mass is 9.87. The van der Waals surface area contributed by atoms with Crippen molar-refractivity contribution in [2.24, 2.45) is 0 Å². The van der Waals surface area contributed by atoms with Crippen molar-refractivity contribution >= 4 is 29.0 Å². The zero-order valence-electron chi connectivity index (χ0n) is 16.8. The maximum Gasteiger partial charge on any atom is 0.341 e. The number of allylic oxidation sites excluding steroid dienone is 1. The molecule has 5 nitrogen and oxygen atoms in total. The summed E-state index contributed by atoms with van der Waals surface area (Å²) in [6, 6.07) is 23.3. The molecule has 0 aliphatic heterocycles. The number of benzene rings is 3. The molecule has 0 saturated heterocycles. The standard InChI is InChI=1S/C25H24N2O3/c1-2-22(17-6-4-3-5-7-17)25(19-10-13-23(27)20(14-19)15-26)18-8-11-21(12-9-18)30-16-24(28)29/h3-15,26H,2,16,27H2,1H3,(H,28,29)/b25-22+,26-15?. The molecule has 152 valence electrons. The number of anilines is 1. The van der Waals surface area contributed by atoms with Gasteiger partial charge in [0.25, 0.3) is 0 Å². The molecule has 0 aliphatic carbocycles. The summed E-state index contributed by atoms with van der Waals surface area (Å²) in [4.78, 5) is 10.7. The SMILES string of the molecule is CC/C(=C(/c1ccc(OCC(=O)O)cc1)c1ccc(N)c(C=N)c1)c1ccccc1. The highest BCUT2D eigenvalue weighted by molar-refractivity contribution is 6.00. The first-order chi connectivity index (χ1) is 14.5. The predicted octanol–water partition coefficient (Wildman–Crippen LogP) is 5.10. The maximum absolute atomic E-state index is 10.7. The molecule has 3 aromatic rings. The van der Waals surface area contributed by atoms with Crippen molar-refractivity contribution in [3.05, 3.63) is 95.1 Å². The molecule has 0 heterocycles. The van der Waals surface area contributed by atoms with Gasteiger partial charge in [0.1, 0.15) is 5.75 Å². The molecular formula is C25H24N2O3. The average Bonchev–Trinajstić information content (AvgIpc) is 2.77. The van der Waals surface area contributed by atoms with Crippen molar-refractivity contribution in [2.45, 2.75) is 13.3 Å². The van der Waals surface area contributed by atoms with Crippen LogP contribution in [0, 0.1) is 5.41 Å². The average molecular weight is 400 g/mol. The summed E-state index contributed by atoms with van der Waals surface area (Å²) in [5.41, 5.74) is 12.5. The molecule has 5 heteroatoms. The number of carbonyl (C=O) groups is 1. The second-order valence-corrected chi connectivity index (χ2v) is 6.77. The highest BCUT2D eigenvalue weighted by atomic mass is 16.5. The highest BCUT2D eigenvalue weighted by Gasteiger charge is 2.14. The monoisotopic (exact) mass is 400 g/mol. The fourth-order valence-electron chi connectivity index (χ4n) is 3.40. The third-order valence-corrected chi connectivity index (χ3v) is 4.81. The van der Waals surface area contributed by atoms with E-state index in [2.05, 4.69) is 19.1 Å². The van der Waals surface area contributed by atoms with Gasteiger partial charge in [0.05, 0.1) is 0 Å². The van der Waals surface area contributed by atoms with E-state index < -0.39 is 5.97 Å². The predicted molar refractivity (Wildman–Crippen MR) is 121 cm³/mol. The van der Waals surface area contributed by atoms with Gasteiger partial charge in [-0.15, -0.1) is 0 Å². The third kappa shape index (κ3) is 4.75. The van der Waals surface area contributed by atoms with Crippen LogP contribution in [0.15, 0.2) is 72.8 Å². The Bertz CT molecular complexity index is 1070. The molecule has 0 amide bonds. The number of hydrogen-bond acceptors (Lipinski definition) is 4. The topological polar surface area (TPSA) is 96.4 Å². The molecule has 30 heavy (non-hydrogen) atoms. The Kier molecular flexibility index (Phi) is 6.65. The Balaban J connectivity index is 2.16. The van der Waals surface area contributed by atoms with E-state index in [-0.39, 0.29) is 6.61 Å². The Morgan fingerprint density at radius 1 is 1.00 bits per heavy atom. The molecule has 0 bridgehead atoms. The lowest BCUT2D eigenvalue weighted by molar-refractivity contribution is -0.139. The van der Waals surface area contributed by atoms with Crippen molar-refractivity contribution in [3.8, 4) is 5.75 Å². The lowest BCUT2D eigenvalue weighted by Gasteiger charge is -2.17. The molecule has 4 N–H and O–H groups in total. The first-order valence-electron chi connectivity index (χ1n) is 9.67. The van der Waals surface area contributed by atoms with Crippen LogP contribution in [0.3, 0.4) is 0 Å². The molecule has 0 aromatic heterocycles. The summed E-state index contributed by atoms with van der Waals surface area (Å²) in [5.74, 6) is -0.520. The minimum absolute atomic E-state index is 0.382. The van der Waals surface area contributed by atoms with Crippen molar-refractivity contribution in [2.75, 3.05) is 12.3 Å². The van der Waals surface area contributed by atoms with Crippen LogP contribution in [0.5, 0.6) is 5.75 Å². The summed E-state index contributed by atoms with van der Waals surface area (Å²) in [6.07, 6.45) is 2.06. The number of rotatable bonds is 8. The van der Waals surface area contributed by atoms with Crippen LogP contribution in [0.25, 0.3) is 11.1 Å². The number of aliphatic carboxylic acids is 1. The highest BCUT2D eigenvalue weighted by Crippen LogP contribution is 2.35. The zero-order chi connectivity index (χ0) is 21.5. The van der Waals surface area contributed by atoms with E-state index in [4.69, 9.17) is 21.0 Å². The first-order valence-corrected chi connectivity index (χ1v) is 9.67. The third-order valence-electron chi connectivity index (χ3n) is 4.81. The summed E-state index contributed by atoms with van der Waals surface area (Å²) in [5, 5.41) is 16.5. The number of carboxylic acid groups (broad SMARTS) is 1. The van der Waals surface area contributed by atoms with E-state index in [9.17, 15) is 4.79 Å². The quantitative estimate of drug-likeness (QED) is 0.278. The van der Waals surface area contributed by atoms with Gasteiger partial charge in [-0.05, 0) is 58.5 Å². The van der Waals surface area contributed by atoms with Gasteiger partial charge < -0.3 is 21.0 Å². The molecule has 0 radical (unpaired) electrons. The Labute approximate surface area is 176 Å². The van der Waals surface area contributed by atoms with E-state index in [1.165, 1.54) is 6.21 Å². The molecule has 0 unspecified atom stereocenters. The second kappa shape index (κ2) is 9.56. The molecule has 3 aromatic carbocycles. The number of nitrogens with one attached hydrogen (secondary N) is 1. The summed E-state index contributed by atoms with van der Waals surface area (Å²) < 4.78 is 5.27. The zero-order valence-corrected chi connectivity index (χ0v) is 16.8. The van der Waals surface area contributed by atoms with Crippen LogP contribution >= 0.6 is 0 Å². The largest absolute Gasteiger partial charge is 0.482 e. The van der Waals surface area contributed by atoms with Crippen molar-refractivity contribution in [1.29, 1.82) is 5.41 Å². The number of carboxylic acids is 1. The van der Waals surface area contributed by atoms with Gasteiger partial charge in [-0.2, -0.15) is 0 Å². The van der Waals surface area contributed by atoms with E-state index >= 15 is 0 Å². The van der Waals surface area contributed by atoms with Gasteiger partial charge in [-0.1, -0.05) is 55.5 Å². The van der Waals surface area contributed by atoms with Gasteiger partial charge in [0.2, 0.25) is 0 Å². The molecular weight excluding hydrogens is 376 g/mol. The van der Waals surface area contributed by atoms with Gasteiger partial charge >= 0.3 is 5.97 Å². The molecule has 0 aliphatic rings. The van der Waals surface area contributed by atoms with Gasteiger partial charge in [0, 0.05) is 17.5 Å². The second-order valence-electron chi connectivity index (χ2n) is 6.77. The Morgan fingerprint density at radius 2 is 1.67 bits per heavy atom.